The second-order valence-electron chi connectivity index (χ2n) is 7.04. The van der Waals surface area contributed by atoms with Crippen molar-refractivity contribution in [3.63, 3.8) is 0 Å². The highest BCUT2D eigenvalue weighted by Crippen LogP contribution is 2.38. The van der Waals surface area contributed by atoms with Crippen LogP contribution in [-0.4, -0.2) is 41.5 Å². The van der Waals surface area contributed by atoms with Gasteiger partial charge in [-0.25, -0.2) is 0 Å². The number of nitrogens with zero attached hydrogens (tertiary/aromatic N) is 1. The lowest BCUT2D eigenvalue weighted by Gasteiger charge is -2.37. The monoisotopic (exact) mass is 253 g/mol. The molecule has 3 heteroatoms. The van der Waals surface area contributed by atoms with Gasteiger partial charge >= 0.3 is 0 Å². The third-order valence-corrected chi connectivity index (χ3v) is 4.94. The molecule has 1 N–H and O–H groups in total. The van der Waals surface area contributed by atoms with E-state index in [1.807, 2.05) is 0 Å². The minimum Gasteiger partial charge on any atom is -0.395 e. The van der Waals surface area contributed by atoms with Crippen LogP contribution in [0.3, 0.4) is 0 Å². The van der Waals surface area contributed by atoms with Crippen molar-refractivity contribution in [2.75, 3.05) is 19.7 Å². The number of Topliss-reactive ketones (excluding diaryl/α,β-unsaturated/α-hetero) is 1. The summed E-state index contributed by atoms with van der Waals surface area (Å²) >= 11 is 0. The number of hydrogen-bond donors (Lipinski definition) is 1. The van der Waals surface area contributed by atoms with Crippen LogP contribution < -0.4 is 0 Å². The van der Waals surface area contributed by atoms with Crippen LogP contribution in [0, 0.1) is 17.3 Å². The number of hydrogen-bond acceptors (Lipinski definition) is 3. The first-order valence-corrected chi connectivity index (χ1v) is 7.30. The summed E-state index contributed by atoms with van der Waals surface area (Å²) in [7, 11) is 0. The Morgan fingerprint density at radius 3 is 2.83 bits per heavy atom. The largest absolute Gasteiger partial charge is 0.395 e. The first-order valence-electron chi connectivity index (χ1n) is 7.30. The molecule has 18 heavy (non-hydrogen) atoms. The lowest BCUT2D eigenvalue weighted by Crippen LogP contribution is -2.43. The van der Waals surface area contributed by atoms with Gasteiger partial charge in [-0.05, 0) is 37.1 Å². The van der Waals surface area contributed by atoms with Gasteiger partial charge in [0.2, 0.25) is 0 Å². The summed E-state index contributed by atoms with van der Waals surface area (Å²) < 4.78 is 0. The van der Waals surface area contributed by atoms with Crippen LogP contribution in [0.5, 0.6) is 0 Å². The van der Waals surface area contributed by atoms with E-state index in [1.165, 1.54) is 0 Å². The van der Waals surface area contributed by atoms with E-state index in [0.717, 1.165) is 38.8 Å². The van der Waals surface area contributed by atoms with Gasteiger partial charge in [0, 0.05) is 24.9 Å². The maximum atomic E-state index is 12.1. The van der Waals surface area contributed by atoms with Crippen molar-refractivity contribution in [1.29, 1.82) is 0 Å². The Morgan fingerprint density at radius 1 is 1.44 bits per heavy atom. The molecule has 3 atom stereocenters. The fourth-order valence-electron chi connectivity index (χ4n) is 3.61. The number of carbonyl (C=O) groups excluding carboxylic acids is 1. The van der Waals surface area contributed by atoms with Crippen LogP contribution in [-0.2, 0) is 4.79 Å². The Balaban J connectivity index is 1.97. The van der Waals surface area contributed by atoms with Crippen LogP contribution in [0.15, 0.2) is 0 Å². The molecule has 0 amide bonds. The van der Waals surface area contributed by atoms with E-state index in [1.54, 1.807) is 0 Å². The molecule has 0 aromatic carbocycles. The van der Waals surface area contributed by atoms with Gasteiger partial charge < -0.3 is 5.11 Å². The van der Waals surface area contributed by atoms with Gasteiger partial charge in [0.1, 0.15) is 5.78 Å². The van der Waals surface area contributed by atoms with Crippen LogP contribution in [0.25, 0.3) is 0 Å². The fraction of sp³-hybridized carbons (Fsp3) is 0.933. The number of carbonyl (C=O) groups is 1. The third kappa shape index (κ3) is 2.94. The Morgan fingerprint density at radius 2 is 2.17 bits per heavy atom. The van der Waals surface area contributed by atoms with Crippen LogP contribution in [0.1, 0.15) is 46.5 Å². The van der Waals surface area contributed by atoms with E-state index in [0.29, 0.717) is 17.1 Å². The molecule has 2 fully saturated rings. The number of ketones is 1. The van der Waals surface area contributed by atoms with E-state index in [-0.39, 0.29) is 18.6 Å². The van der Waals surface area contributed by atoms with Crippen molar-refractivity contribution >= 4 is 5.78 Å². The van der Waals surface area contributed by atoms with Crippen molar-refractivity contribution < 1.29 is 9.90 Å². The molecule has 0 bridgehead atoms. The lowest BCUT2D eigenvalue weighted by atomic mass is 9.71. The highest BCUT2D eigenvalue weighted by Gasteiger charge is 2.38. The molecule has 1 heterocycles. The molecule has 2 aliphatic rings. The Labute approximate surface area is 111 Å². The Kier molecular flexibility index (Phi) is 4.12. The minimum absolute atomic E-state index is 0.188. The third-order valence-electron chi connectivity index (χ3n) is 4.94. The van der Waals surface area contributed by atoms with Crippen molar-refractivity contribution in [2.45, 2.75) is 52.5 Å². The zero-order chi connectivity index (χ0) is 13.3. The van der Waals surface area contributed by atoms with Gasteiger partial charge in [-0.2, -0.15) is 0 Å². The molecule has 0 radical (unpaired) electrons. The average Bonchev–Trinajstić information content (AvgIpc) is 2.64. The number of rotatable bonds is 3. The predicted molar refractivity (Wildman–Crippen MR) is 72.4 cm³/mol. The summed E-state index contributed by atoms with van der Waals surface area (Å²) in [6.45, 7) is 8.86. The summed E-state index contributed by atoms with van der Waals surface area (Å²) in [6, 6.07) is 0.267. The lowest BCUT2D eigenvalue weighted by molar-refractivity contribution is -0.128. The second-order valence-corrected chi connectivity index (χ2v) is 7.04. The van der Waals surface area contributed by atoms with Gasteiger partial charge in [0.05, 0.1) is 6.61 Å². The van der Waals surface area contributed by atoms with Gasteiger partial charge in [-0.15, -0.1) is 0 Å². The molecule has 0 aromatic rings. The summed E-state index contributed by atoms with van der Waals surface area (Å²) in [4.78, 5) is 14.4. The average molecular weight is 253 g/mol. The highest BCUT2D eigenvalue weighted by molar-refractivity contribution is 5.82. The quantitative estimate of drug-likeness (QED) is 0.837. The molecular weight excluding hydrogens is 226 g/mol. The first-order chi connectivity index (χ1) is 8.43. The van der Waals surface area contributed by atoms with E-state index in [4.69, 9.17) is 0 Å². The van der Waals surface area contributed by atoms with Crippen molar-refractivity contribution in [2.24, 2.45) is 17.3 Å². The maximum Gasteiger partial charge on any atom is 0.137 e. The minimum atomic E-state index is 0.188. The molecule has 0 aromatic heterocycles. The number of likely N-dealkylation sites (tertiary alicyclic amines) is 1. The van der Waals surface area contributed by atoms with E-state index in [9.17, 15) is 9.90 Å². The smallest absolute Gasteiger partial charge is 0.137 e. The molecule has 104 valence electrons. The van der Waals surface area contributed by atoms with E-state index < -0.39 is 0 Å². The molecule has 1 aliphatic heterocycles. The van der Waals surface area contributed by atoms with Crippen LogP contribution in [0.2, 0.25) is 0 Å². The summed E-state index contributed by atoms with van der Waals surface area (Å²) in [5.41, 5.74) is 0.304. The van der Waals surface area contributed by atoms with Crippen LogP contribution in [0.4, 0.5) is 0 Å². The SMILES string of the molecule is CC1CCN(CC2CC(C)(C)CCC2=O)C1CO. The topological polar surface area (TPSA) is 40.5 Å². The molecule has 0 spiro atoms. The maximum absolute atomic E-state index is 12.1. The van der Waals surface area contributed by atoms with Gasteiger partial charge in [-0.1, -0.05) is 20.8 Å². The molecule has 1 aliphatic carbocycles. The summed E-state index contributed by atoms with van der Waals surface area (Å²) in [5, 5.41) is 9.48. The van der Waals surface area contributed by atoms with Crippen molar-refractivity contribution in [3.05, 3.63) is 0 Å². The zero-order valence-electron chi connectivity index (χ0n) is 12.0. The van der Waals surface area contributed by atoms with Gasteiger partial charge in [-0.3, -0.25) is 9.69 Å². The zero-order valence-corrected chi connectivity index (χ0v) is 12.0. The molecular formula is C15H27NO2. The van der Waals surface area contributed by atoms with E-state index >= 15 is 0 Å². The predicted octanol–water partition coefficient (Wildman–Crippen LogP) is 2.08. The van der Waals surface area contributed by atoms with Gasteiger partial charge in [0.15, 0.2) is 0 Å². The summed E-state index contributed by atoms with van der Waals surface area (Å²) in [5.74, 6) is 1.18. The molecule has 2 rings (SSSR count). The molecule has 3 unspecified atom stereocenters. The molecule has 3 nitrogen and oxygen atoms in total. The number of aliphatic hydroxyl groups is 1. The Bertz CT molecular complexity index is 314. The van der Waals surface area contributed by atoms with Crippen molar-refractivity contribution in [1.82, 2.24) is 4.90 Å². The normalized spacial score (nSPS) is 37.1. The van der Waals surface area contributed by atoms with E-state index in [2.05, 4.69) is 25.7 Å². The van der Waals surface area contributed by atoms with Crippen molar-refractivity contribution in [3.8, 4) is 0 Å². The summed E-state index contributed by atoms with van der Waals surface area (Å²) in [6.07, 6.45) is 3.93. The molecule has 1 saturated carbocycles. The number of aliphatic hydroxyl groups excluding tert-OH is 1. The standard InChI is InChI=1S/C15H27NO2/c1-11-5-7-16(13(11)10-17)9-12-8-15(2,3)6-4-14(12)18/h11-13,17H,4-10H2,1-3H3. The highest BCUT2D eigenvalue weighted by atomic mass is 16.3. The Hall–Kier alpha value is -0.410. The fourth-order valence-corrected chi connectivity index (χ4v) is 3.61. The van der Waals surface area contributed by atoms with Crippen LogP contribution >= 0.6 is 0 Å². The second kappa shape index (κ2) is 5.30. The molecule has 1 saturated heterocycles. The first kappa shape index (κ1) is 14.0. The van der Waals surface area contributed by atoms with Gasteiger partial charge in [0.25, 0.3) is 0 Å².